The molecule has 3 N–H and O–H groups in total. The van der Waals surface area contributed by atoms with Crippen LogP contribution < -0.4 is 11.1 Å². The fraction of sp³-hybridized carbons (Fsp3) is 0.533. The molecule has 0 bridgehead atoms. The Morgan fingerprint density at radius 3 is 2.78 bits per heavy atom. The number of carbonyl (C=O) groups excluding carboxylic acids is 1. The van der Waals surface area contributed by atoms with Crippen molar-refractivity contribution in [3.63, 3.8) is 0 Å². The van der Waals surface area contributed by atoms with Gasteiger partial charge in [-0.3, -0.25) is 4.79 Å². The van der Waals surface area contributed by atoms with Crippen LogP contribution in [0, 0.1) is 5.41 Å². The number of nitrogens with one attached hydrogen (secondary N) is 1. The van der Waals surface area contributed by atoms with Crippen LogP contribution in [0.3, 0.4) is 0 Å². The van der Waals surface area contributed by atoms with Crippen molar-refractivity contribution in [2.75, 3.05) is 11.9 Å². The van der Waals surface area contributed by atoms with Gasteiger partial charge in [-0.2, -0.15) is 0 Å². The highest BCUT2D eigenvalue weighted by molar-refractivity contribution is 5.91. The van der Waals surface area contributed by atoms with E-state index in [1.807, 2.05) is 18.2 Å². The summed E-state index contributed by atoms with van der Waals surface area (Å²) in [6.07, 6.45) is 4.92. The molecule has 98 valence electrons. The standard InChI is InChI=1S/C15H22N2O/c1-2-12-5-3-6-13(9-12)17-14(18)10-15(11-16)7-4-8-15/h3,5-6,9H,2,4,7-8,10-11,16H2,1H3,(H,17,18). The SMILES string of the molecule is CCc1cccc(NC(=O)CC2(CN)CCC2)c1. The van der Waals surface area contributed by atoms with Gasteiger partial charge in [0.15, 0.2) is 0 Å². The van der Waals surface area contributed by atoms with Crippen LogP contribution >= 0.6 is 0 Å². The van der Waals surface area contributed by atoms with Gasteiger partial charge in [0.2, 0.25) is 5.91 Å². The van der Waals surface area contributed by atoms with Crippen molar-refractivity contribution >= 4 is 11.6 Å². The number of amides is 1. The predicted molar refractivity (Wildman–Crippen MR) is 74.4 cm³/mol. The normalized spacial score (nSPS) is 17.0. The molecular formula is C15H22N2O. The van der Waals surface area contributed by atoms with E-state index in [-0.39, 0.29) is 11.3 Å². The molecule has 1 aromatic carbocycles. The van der Waals surface area contributed by atoms with Crippen LogP contribution in [0.2, 0.25) is 0 Å². The molecule has 3 nitrogen and oxygen atoms in total. The average Bonchev–Trinajstić information content (AvgIpc) is 2.34. The van der Waals surface area contributed by atoms with Crippen LogP contribution in [-0.4, -0.2) is 12.5 Å². The largest absolute Gasteiger partial charge is 0.330 e. The summed E-state index contributed by atoms with van der Waals surface area (Å²) >= 11 is 0. The zero-order valence-electron chi connectivity index (χ0n) is 11.0. The summed E-state index contributed by atoms with van der Waals surface area (Å²) in [5, 5.41) is 2.98. The minimum Gasteiger partial charge on any atom is -0.330 e. The molecular weight excluding hydrogens is 224 g/mol. The molecule has 0 atom stereocenters. The molecule has 1 aliphatic rings. The molecule has 0 radical (unpaired) electrons. The lowest BCUT2D eigenvalue weighted by atomic mass is 9.66. The summed E-state index contributed by atoms with van der Waals surface area (Å²) in [5.74, 6) is 0.0911. The fourth-order valence-corrected chi connectivity index (χ4v) is 2.54. The van der Waals surface area contributed by atoms with Crippen LogP contribution in [0.1, 0.15) is 38.2 Å². The topological polar surface area (TPSA) is 55.1 Å². The predicted octanol–water partition coefficient (Wildman–Crippen LogP) is 2.71. The van der Waals surface area contributed by atoms with Gasteiger partial charge in [-0.1, -0.05) is 25.5 Å². The second-order valence-corrected chi connectivity index (χ2v) is 5.34. The van der Waals surface area contributed by atoms with Crippen molar-refractivity contribution in [3.05, 3.63) is 29.8 Å². The molecule has 1 fully saturated rings. The highest BCUT2D eigenvalue weighted by Gasteiger charge is 2.37. The minimum absolute atomic E-state index is 0.0758. The molecule has 0 unspecified atom stereocenters. The quantitative estimate of drug-likeness (QED) is 0.839. The number of aryl methyl sites for hydroxylation is 1. The lowest BCUT2D eigenvalue weighted by Gasteiger charge is -2.40. The molecule has 2 rings (SSSR count). The molecule has 0 heterocycles. The van der Waals surface area contributed by atoms with Gasteiger partial charge < -0.3 is 11.1 Å². The zero-order valence-corrected chi connectivity index (χ0v) is 11.0. The van der Waals surface area contributed by atoms with E-state index in [1.165, 1.54) is 12.0 Å². The van der Waals surface area contributed by atoms with Crippen LogP contribution in [0.5, 0.6) is 0 Å². The first-order chi connectivity index (χ1) is 8.67. The van der Waals surface area contributed by atoms with Crippen molar-refractivity contribution in [2.24, 2.45) is 11.1 Å². The lowest BCUT2D eigenvalue weighted by Crippen LogP contribution is -2.40. The van der Waals surface area contributed by atoms with E-state index < -0.39 is 0 Å². The Morgan fingerprint density at radius 2 is 2.22 bits per heavy atom. The average molecular weight is 246 g/mol. The Bertz CT molecular complexity index is 419. The number of hydrogen-bond acceptors (Lipinski definition) is 2. The van der Waals surface area contributed by atoms with E-state index in [9.17, 15) is 4.79 Å². The second-order valence-electron chi connectivity index (χ2n) is 5.34. The first-order valence-electron chi connectivity index (χ1n) is 6.76. The van der Waals surface area contributed by atoms with Crippen molar-refractivity contribution in [2.45, 2.75) is 39.0 Å². The maximum atomic E-state index is 12.0. The van der Waals surface area contributed by atoms with E-state index in [1.54, 1.807) is 0 Å². The molecule has 0 aromatic heterocycles. The molecule has 18 heavy (non-hydrogen) atoms. The fourth-order valence-electron chi connectivity index (χ4n) is 2.54. The van der Waals surface area contributed by atoms with E-state index in [4.69, 9.17) is 5.73 Å². The third-order valence-electron chi connectivity index (χ3n) is 4.00. The van der Waals surface area contributed by atoms with Gasteiger partial charge in [0.1, 0.15) is 0 Å². The van der Waals surface area contributed by atoms with Crippen LogP contribution in [0.15, 0.2) is 24.3 Å². The van der Waals surface area contributed by atoms with E-state index >= 15 is 0 Å². The number of anilines is 1. The molecule has 1 aromatic rings. The number of carbonyl (C=O) groups is 1. The first kappa shape index (κ1) is 13.1. The summed E-state index contributed by atoms with van der Waals surface area (Å²) in [4.78, 5) is 12.0. The number of benzene rings is 1. The summed E-state index contributed by atoms with van der Waals surface area (Å²) < 4.78 is 0. The molecule has 1 saturated carbocycles. The maximum Gasteiger partial charge on any atom is 0.224 e. The molecule has 0 spiro atoms. The van der Waals surface area contributed by atoms with Gasteiger partial charge in [-0.15, -0.1) is 0 Å². The third kappa shape index (κ3) is 2.91. The molecule has 1 amide bonds. The number of hydrogen-bond donors (Lipinski definition) is 2. The van der Waals surface area contributed by atoms with Crippen LogP contribution in [0.25, 0.3) is 0 Å². The van der Waals surface area contributed by atoms with Gasteiger partial charge in [0.05, 0.1) is 0 Å². The van der Waals surface area contributed by atoms with Crippen molar-refractivity contribution < 1.29 is 4.79 Å². The second kappa shape index (κ2) is 5.53. The van der Waals surface area contributed by atoms with Crippen molar-refractivity contribution in [1.29, 1.82) is 0 Å². The molecule has 3 heteroatoms. The first-order valence-corrected chi connectivity index (χ1v) is 6.76. The van der Waals surface area contributed by atoms with Crippen molar-refractivity contribution in [1.82, 2.24) is 0 Å². The lowest BCUT2D eigenvalue weighted by molar-refractivity contribution is -0.119. The molecule has 0 saturated heterocycles. The summed E-state index contributed by atoms with van der Waals surface area (Å²) in [5.41, 5.74) is 7.99. The maximum absolute atomic E-state index is 12.0. The van der Waals surface area contributed by atoms with E-state index in [0.29, 0.717) is 13.0 Å². The highest BCUT2D eigenvalue weighted by atomic mass is 16.1. The number of nitrogens with two attached hydrogens (primary N) is 1. The monoisotopic (exact) mass is 246 g/mol. The molecule has 0 aliphatic heterocycles. The summed E-state index contributed by atoms with van der Waals surface area (Å²) in [6, 6.07) is 8.03. The molecule has 1 aliphatic carbocycles. The van der Waals surface area contributed by atoms with Crippen molar-refractivity contribution in [3.8, 4) is 0 Å². The van der Waals surface area contributed by atoms with Gasteiger partial charge in [-0.25, -0.2) is 0 Å². The Morgan fingerprint density at radius 1 is 1.44 bits per heavy atom. The smallest absolute Gasteiger partial charge is 0.224 e. The van der Waals surface area contributed by atoms with Crippen LogP contribution in [0.4, 0.5) is 5.69 Å². The summed E-state index contributed by atoms with van der Waals surface area (Å²) in [6.45, 7) is 2.73. The highest BCUT2D eigenvalue weighted by Crippen LogP contribution is 2.43. The third-order valence-corrected chi connectivity index (χ3v) is 4.00. The van der Waals surface area contributed by atoms with E-state index in [2.05, 4.69) is 18.3 Å². The van der Waals surface area contributed by atoms with Gasteiger partial charge in [0.25, 0.3) is 0 Å². The Balaban J connectivity index is 1.94. The zero-order chi connectivity index (χ0) is 13.0. The van der Waals surface area contributed by atoms with Crippen LogP contribution in [-0.2, 0) is 11.2 Å². The Hall–Kier alpha value is -1.35. The van der Waals surface area contributed by atoms with Gasteiger partial charge >= 0.3 is 0 Å². The van der Waals surface area contributed by atoms with Gasteiger partial charge in [-0.05, 0) is 48.9 Å². The summed E-state index contributed by atoms with van der Waals surface area (Å²) in [7, 11) is 0. The Kier molecular flexibility index (Phi) is 4.02. The number of rotatable bonds is 5. The Labute approximate surface area is 109 Å². The van der Waals surface area contributed by atoms with E-state index in [0.717, 1.165) is 24.9 Å². The minimum atomic E-state index is 0.0758. The van der Waals surface area contributed by atoms with Gasteiger partial charge in [0, 0.05) is 12.1 Å².